The van der Waals surface area contributed by atoms with Crippen LogP contribution in [0.25, 0.3) is 0 Å². The first-order chi connectivity index (χ1) is 9.70. The van der Waals surface area contributed by atoms with Crippen LogP contribution in [0.3, 0.4) is 0 Å². The van der Waals surface area contributed by atoms with Crippen LogP contribution in [0.15, 0.2) is 17.0 Å². The summed E-state index contributed by atoms with van der Waals surface area (Å²) in [5.41, 5.74) is 0. The highest BCUT2D eigenvalue weighted by Crippen LogP contribution is 2.36. The molecule has 0 aromatic heterocycles. The zero-order valence-electron chi connectivity index (χ0n) is 11.0. The highest BCUT2D eigenvalue weighted by Gasteiger charge is 2.29. The van der Waals surface area contributed by atoms with Crippen LogP contribution in [0.4, 0.5) is 0 Å². The summed E-state index contributed by atoms with van der Waals surface area (Å²) in [4.78, 5) is 13.2. The van der Waals surface area contributed by atoms with Crippen LogP contribution in [-0.2, 0) is 13.8 Å². The van der Waals surface area contributed by atoms with Gasteiger partial charge < -0.3 is 9.64 Å². The zero-order valence-corrected chi connectivity index (χ0v) is 14.1. The Morgan fingerprint density at radius 1 is 1.33 bits per heavy atom. The number of hydrogen-bond acceptors (Lipinski definition) is 4. The molecule has 0 saturated heterocycles. The Kier molecular flexibility index (Phi) is 4.92. The molecule has 0 N–H and O–H groups in total. The Morgan fingerprint density at radius 3 is 2.29 bits per heavy atom. The largest absolute Gasteiger partial charge is 0.481 e. The van der Waals surface area contributed by atoms with E-state index in [2.05, 4.69) is 0 Å². The summed E-state index contributed by atoms with van der Waals surface area (Å²) in [6.45, 7) is -0.223. The maximum absolute atomic E-state index is 11.8. The Balaban J connectivity index is 2.11. The molecule has 21 heavy (non-hydrogen) atoms. The monoisotopic (exact) mass is 371 g/mol. The smallest absolute Gasteiger partial charge is 0.261 e. The van der Waals surface area contributed by atoms with Crippen molar-refractivity contribution in [3.63, 3.8) is 0 Å². The van der Waals surface area contributed by atoms with Crippen molar-refractivity contribution in [3.05, 3.63) is 22.2 Å². The molecule has 0 spiro atoms. The first-order valence-electron chi connectivity index (χ1n) is 6.02. The molecule has 1 aromatic rings. The molecule has 9 heteroatoms. The summed E-state index contributed by atoms with van der Waals surface area (Å²) in [5.74, 6) is -0.140. The molecule has 1 fully saturated rings. The van der Waals surface area contributed by atoms with Crippen molar-refractivity contribution in [2.24, 2.45) is 0 Å². The molecule has 1 aromatic carbocycles. The number of ether oxygens (including phenoxy) is 1. The van der Waals surface area contributed by atoms with Crippen molar-refractivity contribution in [2.45, 2.75) is 23.8 Å². The lowest BCUT2D eigenvalue weighted by Gasteiger charge is -2.17. The van der Waals surface area contributed by atoms with Crippen LogP contribution in [0.5, 0.6) is 5.75 Å². The molecule has 1 aliphatic carbocycles. The van der Waals surface area contributed by atoms with E-state index >= 15 is 0 Å². The number of amides is 1. The van der Waals surface area contributed by atoms with Crippen molar-refractivity contribution < 1.29 is 17.9 Å². The number of likely N-dealkylation sites (N-methyl/N-ethyl adjacent to an activating group) is 1. The molecule has 1 saturated carbocycles. The summed E-state index contributed by atoms with van der Waals surface area (Å²) >= 11 is 11.8. The minimum absolute atomic E-state index is 0.0244. The molecule has 0 aliphatic heterocycles. The zero-order chi connectivity index (χ0) is 15.8. The van der Waals surface area contributed by atoms with Crippen LogP contribution in [0.1, 0.15) is 12.8 Å². The Hall–Kier alpha value is -0.690. The number of halogens is 3. The summed E-state index contributed by atoms with van der Waals surface area (Å²) < 4.78 is 27.8. The van der Waals surface area contributed by atoms with Gasteiger partial charge in [-0.15, -0.1) is 0 Å². The van der Waals surface area contributed by atoms with Gasteiger partial charge in [0.1, 0.15) is 0 Å². The van der Waals surface area contributed by atoms with Crippen molar-refractivity contribution in [1.82, 2.24) is 4.90 Å². The van der Waals surface area contributed by atoms with Crippen LogP contribution in [0.2, 0.25) is 10.0 Å². The molecule has 2 rings (SSSR count). The fourth-order valence-corrected chi connectivity index (χ4v) is 3.23. The van der Waals surface area contributed by atoms with E-state index in [-0.39, 0.29) is 39.2 Å². The maximum Gasteiger partial charge on any atom is 0.261 e. The van der Waals surface area contributed by atoms with E-state index in [9.17, 15) is 13.2 Å². The van der Waals surface area contributed by atoms with Gasteiger partial charge in [-0.1, -0.05) is 23.2 Å². The van der Waals surface area contributed by atoms with Gasteiger partial charge in [0.05, 0.1) is 14.9 Å². The molecular formula is C12H12Cl3NO4S. The lowest BCUT2D eigenvalue weighted by Crippen LogP contribution is -2.33. The molecule has 0 bridgehead atoms. The molecule has 0 radical (unpaired) electrons. The van der Waals surface area contributed by atoms with Crippen molar-refractivity contribution in [2.75, 3.05) is 13.7 Å². The second-order valence-electron chi connectivity index (χ2n) is 4.68. The second-order valence-corrected chi connectivity index (χ2v) is 8.06. The average molecular weight is 373 g/mol. The van der Waals surface area contributed by atoms with Gasteiger partial charge >= 0.3 is 0 Å². The first kappa shape index (κ1) is 16.7. The summed E-state index contributed by atoms with van der Waals surface area (Å²) in [7, 11) is 2.98. The van der Waals surface area contributed by atoms with Gasteiger partial charge in [0.15, 0.2) is 12.4 Å². The van der Waals surface area contributed by atoms with E-state index in [1.54, 1.807) is 11.9 Å². The molecule has 0 heterocycles. The van der Waals surface area contributed by atoms with E-state index in [1.165, 1.54) is 0 Å². The van der Waals surface area contributed by atoms with E-state index in [0.717, 1.165) is 25.0 Å². The highest BCUT2D eigenvalue weighted by molar-refractivity contribution is 8.13. The van der Waals surface area contributed by atoms with Gasteiger partial charge in [0.25, 0.3) is 15.0 Å². The molecule has 1 amide bonds. The van der Waals surface area contributed by atoms with Gasteiger partial charge in [0, 0.05) is 23.8 Å². The van der Waals surface area contributed by atoms with Crippen LogP contribution in [0, 0.1) is 0 Å². The third kappa shape index (κ3) is 4.16. The minimum atomic E-state index is -3.94. The van der Waals surface area contributed by atoms with E-state index in [1.807, 2.05) is 0 Å². The number of benzene rings is 1. The average Bonchev–Trinajstić information content (AvgIpc) is 3.19. The normalized spacial score (nSPS) is 14.9. The second kappa shape index (κ2) is 6.20. The number of nitrogens with zero attached hydrogens (tertiary/aromatic N) is 1. The van der Waals surface area contributed by atoms with Crippen LogP contribution in [-0.4, -0.2) is 38.9 Å². The molecule has 5 nitrogen and oxygen atoms in total. The Labute approximate surface area is 137 Å². The maximum atomic E-state index is 11.8. The molecule has 116 valence electrons. The van der Waals surface area contributed by atoms with Gasteiger partial charge in [-0.05, 0) is 25.0 Å². The third-order valence-electron chi connectivity index (χ3n) is 3.08. The lowest BCUT2D eigenvalue weighted by atomic mass is 10.3. The number of carbonyl (C=O) groups is 1. The van der Waals surface area contributed by atoms with Gasteiger partial charge in [0.2, 0.25) is 0 Å². The Bertz CT molecular complexity index is 650. The van der Waals surface area contributed by atoms with Crippen molar-refractivity contribution in [3.8, 4) is 5.75 Å². The number of carbonyl (C=O) groups excluding carboxylic acids is 1. The Morgan fingerprint density at radius 2 is 1.86 bits per heavy atom. The van der Waals surface area contributed by atoms with Gasteiger partial charge in [-0.25, -0.2) is 8.42 Å². The minimum Gasteiger partial charge on any atom is -0.481 e. The molecular weight excluding hydrogens is 361 g/mol. The summed E-state index contributed by atoms with van der Waals surface area (Å²) in [6.07, 6.45) is 1.98. The predicted octanol–water partition coefficient (Wildman–Crippen LogP) is 2.92. The van der Waals surface area contributed by atoms with Gasteiger partial charge in [-0.2, -0.15) is 0 Å². The van der Waals surface area contributed by atoms with E-state index in [0.29, 0.717) is 0 Å². The third-order valence-corrected chi connectivity index (χ3v) is 4.98. The van der Waals surface area contributed by atoms with Crippen LogP contribution >= 0.6 is 33.9 Å². The topological polar surface area (TPSA) is 63.7 Å². The number of rotatable bonds is 5. The fraction of sp³-hybridized carbons (Fsp3) is 0.417. The summed E-state index contributed by atoms with van der Waals surface area (Å²) in [6, 6.07) is 2.52. The molecule has 1 aliphatic rings. The predicted molar refractivity (Wildman–Crippen MR) is 80.8 cm³/mol. The van der Waals surface area contributed by atoms with Crippen LogP contribution < -0.4 is 4.74 Å². The van der Waals surface area contributed by atoms with Crippen molar-refractivity contribution >= 4 is 48.8 Å². The van der Waals surface area contributed by atoms with E-state index in [4.69, 9.17) is 38.6 Å². The first-order valence-corrected chi connectivity index (χ1v) is 9.09. The molecule has 0 atom stereocenters. The SMILES string of the molecule is CN(C(=O)COc1c(Cl)cc(S(=O)(=O)Cl)cc1Cl)C1CC1. The molecule has 0 unspecified atom stereocenters. The fourth-order valence-electron chi connectivity index (χ4n) is 1.72. The number of hydrogen-bond donors (Lipinski definition) is 0. The van der Waals surface area contributed by atoms with E-state index < -0.39 is 9.05 Å². The summed E-state index contributed by atoms with van der Waals surface area (Å²) in [5, 5.41) is -0.0489. The lowest BCUT2D eigenvalue weighted by molar-refractivity contribution is -0.132. The standard InChI is InChI=1S/C12H12Cl3NO4S/c1-16(7-2-3-7)11(17)6-20-12-9(13)4-8(5-10(12)14)21(15,18)19/h4-5,7H,2-3,6H2,1H3. The highest BCUT2D eigenvalue weighted by atomic mass is 35.7. The van der Waals surface area contributed by atoms with Gasteiger partial charge in [-0.3, -0.25) is 4.79 Å². The van der Waals surface area contributed by atoms with Crippen molar-refractivity contribution in [1.29, 1.82) is 0 Å². The quantitative estimate of drug-likeness (QED) is 0.746.